The molecule has 15 heavy (non-hydrogen) atoms. The lowest BCUT2D eigenvalue weighted by Gasteiger charge is -2.09. The maximum absolute atomic E-state index is 8.40. The average Bonchev–Trinajstić information content (AvgIpc) is 2.31. The van der Waals surface area contributed by atoms with Crippen LogP contribution < -0.4 is 14.9 Å². The van der Waals surface area contributed by atoms with Crippen LogP contribution in [0.2, 0.25) is 0 Å². The van der Waals surface area contributed by atoms with Gasteiger partial charge in [-0.3, -0.25) is 20.1 Å². The summed E-state index contributed by atoms with van der Waals surface area (Å²) in [7, 11) is 1.29. The van der Waals surface area contributed by atoms with Gasteiger partial charge in [-0.15, -0.1) is 0 Å². The highest BCUT2D eigenvalue weighted by molar-refractivity contribution is 6.61. The zero-order valence-corrected chi connectivity index (χ0v) is 8.08. The van der Waals surface area contributed by atoms with E-state index in [4.69, 9.17) is 20.0 Å². The molecule has 0 unspecified atom stereocenters. The van der Waals surface area contributed by atoms with Crippen molar-refractivity contribution >= 4 is 12.6 Å². The van der Waals surface area contributed by atoms with Gasteiger partial charge in [0, 0.05) is 6.20 Å². The van der Waals surface area contributed by atoms with Crippen LogP contribution >= 0.6 is 0 Å². The SMILES string of the molecule is COc1ncc(B(OO)OO)c(OC)n1. The van der Waals surface area contributed by atoms with Crippen molar-refractivity contribution in [2.24, 2.45) is 0 Å². The molecular formula is C6H9BN2O6. The summed E-state index contributed by atoms with van der Waals surface area (Å²) in [5.74, 6) is 0.0509. The van der Waals surface area contributed by atoms with Gasteiger partial charge in [-0.05, 0) is 0 Å². The van der Waals surface area contributed by atoms with Gasteiger partial charge in [0.05, 0.1) is 19.7 Å². The van der Waals surface area contributed by atoms with Crippen molar-refractivity contribution in [1.29, 1.82) is 0 Å². The van der Waals surface area contributed by atoms with Crippen LogP contribution in [-0.4, -0.2) is 41.8 Å². The molecule has 0 amide bonds. The first-order valence-corrected chi connectivity index (χ1v) is 3.82. The first kappa shape index (κ1) is 11.7. The Kier molecular flexibility index (Phi) is 4.25. The summed E-state index contributed by atoms with van der Waals surface area (Å²) < 4.78 is 9.61. The summed E-state index contributed by atoms with van der Waals surface area (Å²) in [4.78, 5) is 15.2. The lowest BCUT2D eigenvalue weighted by molar-refractivity contribution is -0.221. The molecule has 0 bridgehead atoms. The highest BCUT2D eigenvalue weighted by Crippen LogP contribution is 2.08. The Morgan fingerprint density at radius 2 is 1.87 bits per heavy atom. The molecule has 1 aromatic rings. The summed E-state index contributed by atoms with van der Waals surface area (Å²) in [6.45, 7) is 0. The molecule has 1 heterocycles. The fourth-order valence-electron chi connectivity index (χ4n) is 0.917. The van der Waals surface area contributed by atoms with Crippen LogP contribution in [0.25, 0.3) is 0 Å². The summed E-state index contributed by atoms with van der Waals surface area (Å²) in [6.07, 6.45) is 1.22. The van der Waals surface area contributed by atoms with Gasteiger partial charge in [0.2, 0.25) is 5.88 Å². The molecular weight excluding hydrogens is 207 g/mol. The van der Waals surface area contributed by atoms with Crippen molar-refractivity contribution in [2.45, 2.75) is 0 Å². The number of nitrogens with zero attached hydrogens (tertiary/aromatic N) is 2. The van der Waals surface area contributed by atoms with E-state index in [0.717, 1.165) is 0 Å². The second-order valence-electron chi connectivity index (χ2n) is 2.36. The number of aromatic nitrogens is 2. The van der Waals surface area contributed by atoms with E-state index in [1.807, 2.05) is 0 Å². The van der Waals surface area contributed by atoms with Crippen molar-refractivity contribution in [3.63, 3.8) is 0 Å². The van der Waals surface area contributed by atoms with Crippen LogP contribution in [0.1, 0.15) is 0 Å². The second kappa shape index (κ2) is 5.46. The van der Waals surface area contributed by atoms with Gasteiger partial charge in [0.1, 0.15) is 0 Å². The monoisotopic (exact) mass is 216 g/mol. The van der Waals surface area contributed by atoms with E-state index in [-0.39, 0.29) is 17.4 Å². The average molecular weight is 216 g/mol. The molecule has 1 aromatic heterocycles. The van der Waals surface area contributed by atoms with Gasteiger partial charge in [-0.1, -0.05) is 0 Å². The van der Waals surface area contributed by atoms with Crippen LogP contribution in [0.3, 0.4) is 0 Å². The van der Waals surface area contributed by atoms with Crippen LogP contribution in [0.15, 0.2) is 6.20 Å². The number of hydrogen-bond acceptors (Lipinski definition) is 8. The lowest BCUT2D eigenvalue weighted by Crippen LogP contribution is -2.37. The van der Waals surface area contributed by atoms with Gasteiger partial charge in [0.25, 0.3) is 0 Å². The third-order valence-corrected chi connectivity index (χ3v) is 1.58. The Bertz CT molecular complexity index is 320. The molecule has 82 valence electrons. The van der Waals surface area contributed by atoms with Crippen molar-refractivity contribution in [1.82, 2.24) is 9.97 Å². The minimum Gasteiger partial charge on any atom is -0.481 e. The molecule has 0 radical (unpaired) electrons. The van der Waals surface area contributed by atoms with Crippen molar-refractivity contribution in [3.05, 3.63) is 6.20 Å². The van der Waals surface area contributed by atoms with Crippen LogP contribution in [0.4, 0.5) is 0 Å². The van der Waals surface area contributed by atoms with Crippen LogP contribution in [-0.2, 0) is 9.61 Å². The maximum atomic E-state index is 8.40. The minimum absolute atomic E-state index is 0.0509. The Hall–Kier alpha value is -1.42. The highest BCUT2D eigenvalue weighted by Gasteiger charge is 2.28. The van der Waals surface area contributed by atoms with Crippen molar-refractivity contribution in [3.8, 4) is 11.9 Å². The fourth-order valence-corrected chi connectivity index (χ4v) is 0.917. The molecule has 0 aromatic carbocycles. The van der Waals surface area contributed by atoms with Gasteiger partial charge in [-0.25, -0.2) is 4.98 Å². The molecule has 0 aliphatic rings. The molecule has 2 N–H and O–H groups in total. The Morgan fingerprint density at radius 3 is 2.33 bits per heavy atom. The summed E-state index contributed by atoms with van der Waals surface area (Å²) >= 11 is 0. The minimum atomic E-state index is -1.44. The highest BCUT2D eigenvalue weighted by atomic mass is 17.2. The zero-order chi connectivity index (χ0) is 11.3. The fraction of sp³-hybridized carbons (Fsp3) is 0.333. The summed E-state index contributed by atoms with van der Waals surface area (Å²) in [5.41, 5.74) is 0.114. The molecule has 0 saturated carbocycles. The van der Waals surface area contributed by atoms with E-state index in [1.165, 1.54) is 20.4 Å². The Labute approximate surface area is 85.4 Å². The predicted octanol–water partition coefficient (Wildman–Crippen LogP) is -0.832. The third kappa shape index (κ3) is 2.53. The largest absolute Gasteiger partial charge is 0.561 e. The van der Waals surface area contributed by atoms with Gasteiger partial charge in [-0.2, -0.15) is 4.98 Å². The van der Waals surface area contributed by atoms with Gasteiger partial charge in [0.15, 0.2) is 0 Å². The van der Waals surface area contributed by atoms with Crippen LogP contribution in [0.5, 0.6) is 11.9 Å². The van der Waals surface area contributed by atoms with Crippen LogP contribution in [0, 0.1) is 0 Å². The van der Waals surface area contributed by atoms with Crippen molar-refractivity contribution in [2.75, 3.05) is 14.2 Å². The standard InChI is InChI=1S/C6H9BN2O6/c1-12-5-4(7(14-10)15-11)3-8-6(9-5)13-2/h3,10-11H,1-2H3. The Balaban J connectivity index is 3.06. The zero-order valence-electron chi connectivity index (χ0n) is 8.08. The van der Waals surface area contributed by atoms with Gasteiger partial charge >= 0.3 is 13.1 Å². The lowest BCUT2D eigenvalue weighted by atomic mass is 9.81. The number of methoxy groups -OCH3 is 2. The molecule has 0 aliphatic heterocycles. The van der Waals surface area contributed by atoms with E-state index >= 15 is 0 Å². The maximum Gasteiger partial charge on any atom is 0.561 e. The van der Waals surface area contributed by atoms with E-state index in [9.17, 15) is 0 Å². The normalized spacial score (nSPS) is 9.87. The van der Waals surface area contributed by atoms with E-state index < -0.39 is 7.12 Å². The molecule has 9 heteroatoms. The molecule has 1 rings (SSSR count). The molecule has 0 aliphatic carbocycles. The van der Waals surface area contributed by atoms with Crippen molar-refractivity contribution < 1.29 is 29.6 Å². The summed E-state index contributed by atoms with van der Waals surface area (Å²) in [5, 5.41) is 16.8. The topological polar surface area (TPSA) is 103 Å². The molecule has 0 atom stereocenters. The first-order valence-electron chi connectivity index (χ1n) is 3.82. The second-order valence-corrected chi connectivity index (χ2v) is 2.36. The molecule has 0 fully saturated rings. The Morgan fingerprint density at radius 1 is 1.20 bits per heavy atom. The quantitative estimate of drug-likeness (QED) is 0.373. The van der Waals surface area contributed by atoms with E-state index in [2.05, 4.69) is 19.6 Å². The summed E-state index contributed by atoms with van der Waals surface area (Å²) in [6, 6.07) is 0.0743. The first-order chi connectivity index (χ1) is 7.26. The molecule has 8 nitrogen and oxygen atoms in total. The van der Waals surface area contributed by atoms with E-state index in [0.29, 0.717) is 0 Å². The smallest absolute Gasteiger partial charge is 0.481 e. The van der Waals surface area contributed by atoms with E-state index in [1.54, 1.807) is 0 Å². The van der Waals surface area contributed by atoms with Gasteiger partial charge < -0.3 is 9.47 Å². The number of hydrogen-bond donors (Lipinski definition) is 2. The molecule has 0 spiro atoms. The third-order valence-electron chi connectivity index (χ3n) is 1.58. The number of ether oxygens (including phenoxy) is 2. The number of rotatable bonds is 5. The molecule has 0 saturated heterocycles. The predicted molar refractivity (Wildman–Crippen MR) is 48.0 cm³/mol.